The van der Waals surface area contributed by atoms with Crippen LogP contribution in [0.15, 0.2) is 51.8 Å². The van der Waals surface area contributed by atoms with Crippen LogP contribution in [0.5, 0.6) is 11.5 Å². The average molecular weight is 369 g/mol. The van der Waals surface area contributed by atoms with Gasteiger partial charge < -0.3 is 14.6 Å². The van der Waals surface area contributed by atoms with Crippen LogP contribution < -0.4 is 9.47 Å². The monoisotopic (exact) mass is 368 g/mol. The highest BCUT2D eigenvalue weighted by molar-refractivity contribution is 9.10. The number of ether oxygens (including phenoxy) is 2. The van der Waals surface area contributed by atoms with Crippen molar-refractivity contribution < 1.29 is 14.6 Å². The van der Waals surface area contributed by atoms with E-state index >= 15 is 0 Å². The molecule has 112 valence electrons. The Morgan fingerprint density at radius 3 is 2.29 bits per heavy atom. The van der Waals surface area contributed by atoms with Gasteiger partial charge in [-0.25, -0.2) is 0 Å². The molecule has 0 saturated heterocycles. The van der Waals surface area contributed by atoms with Crippen LogP contribution in [0.1, 0.15) is 11.7 Å². The van der Waals surface area contributed by atoms with Gasteiger partial charge >= 0.3 is 0 Å². The van der Waals surface area contributed by atoms with E-state index in [1.165, 1.54) is 0 Å². The zero-order valence-electron chi connectivity index (χ0n) is 11.9. The van der Waals surface area contributed by atoms with Gasteiger partial charge in [-0.1, -0.05) is 12.1 Å². The summed E-state index contributed by atoms with van der Waals surface area (Å²) in [4.78, 5) is 1.10. The summed E-state index contributed by atoms with van der Waals surface area (Å²) >= 11 is 5.10. The lowest BCUT2D eigenvalue weighted by atomic mass is 10.1. The molecule has 5 heteroatoms. The van der Waals surface area contributed by atoms with E-state index < -0.39 is 6.10 Å². The van der Waals surface area contributed by atoms with Crippen molar-refractivity contribution in [3.63, 3.8) is 0 Å². The molecule has 0 aliphatic carbocycles. The van der Waals surface area contributed by atoms with E-state index in [1.807, 2.05) is 36.4 Å². The fraction of sp³-hybridized carbons (Fsp3) is 0.250. The largest absolute Gasteiger partial charge is 0.497 e. The summed E-state index contributed by atoms with van der Waals surface area (Å²) in [5.41, 5.74) is 0.783. The highest BCUT2D eigenvalue weighted by Gasteiger charge is 2.12. The van der Waals surface area contributed by atoms with E-state index in [9.17, 15) is 5.11 Å². The van der Waals surface area contributed by atoms with Crippen molar-refractivity contribution in [3.05, 3.63) is 52.5 Å². The molecule has 1 N–H and O–H groups in total. The number of halogens is 1. The van der Waals surface area contributed by atoms with E-state index in [2.05, 4.69) is 15.9 Å². The predicted octanol–water partition coefficient (Wildman–Crippen LogP) is 4.29. The molecule has 0 bridgehead atoms. The van der Waals surface area contributed by atoms with E-state index in [0.717, 1.165) is 14.9 Å². The van der Waals surface area contributed by atoms with Crippen LogP contribution in [0.3, 0.4) is 0 Å². The Morgan fingerprint density at radius 2 is 1.71 bits per heavy atom. The van der Waals surface area contributed by atoms with E-state index in [0.29, 0.717) is 17.3 Å². The molecule has 0 amide bonds. The molecule has 2 aromatic rings. The van der Waals surface area contributed by atoms with Crippen LogP contribution >= 0.6 is 27.7 Å². The normalized spacial score (nSPS) is 12.0. The van der Waals surface area contributed by atoms with Crippen molar-refractivity contribution >= 4 is 27.7 Å². The smallest absolute Gasteiger partial charge is 0.122 e. The molecule has 0 radical (unpaired) electrons. The lowest BCUT2D eigenvalue weighted by Crippen LogP contribution is -2.02. The maximum Gasteiger partial charge on any atom is 0.122 e. The molecule has 0 saturated carbocycles. The number of hydrogen-bond acceptors (Lipinski definition) is 4. The second-order valence-electron chi connectivity index (χ2n) is 4.40. The van der Waals surface area contributed by atoms with Gasteiger partial charge in [-0.15, -0.1) is 11.8 Å². The molecular weight excluding hydrogens is 352 g/mol. The fourth-order valence-corrected chi connectivity index (χ4v) is 3.39. The van der Waals surface area contributed by atoms with Crippen LogP contribution in [0.25, 0.3) is 0 Å². The number of rotatable bonds is 6. The average Bonchev–Trinajstić information content (AvgIpc) is 2.53. The molecule has 21 heavy (non-hydrogen) atoms. The third-order valence-corrected chi connectivity index (χ3v) is 5.10. The van der Waals surface area contributed by atoms with Gasteiger partial charge in [0.2, 0.25) is 0 Å². The summed E-state index contributed by atoms with van der Waals surface area (Å²) in [5, 5.41) is 10.4. The summed E-state index contributed by atoms with van der Waals surface area (Å²) in [6.45, 7) is 0. The summed E-state index contributed by atoms with van der Waals surface area (Å²) in [6, 6.07) is 13.4. The molecule has 0 aliphatic heterocycles. The molecule has 0 fully saturated rings. The van der Waals surface area contributed by atoms with Crippen molar-refractivity contribution in [1.82, 2.24) is 0 Å². The van der Waals surface area contributed by atoms with Gasteiger partial charge in [-0.2, -0.15) is 0 Å². The van der Waals surface area contributed by atoms with E-state index in [4.69, 9.17) is 9.47 Å². The molecule has 0 aromatic heterocycles. The minimum Gasteiger partial charge on any atom is -0.497 e. The standard InChI is InChI=1S/C16H17BrO3S/c1-19-12-7-11(8-13(9-12)20-2)15(18)10-21-16-6-4-3-5-14(16)17/h3-9,15,18H,10H2,1-2H3. The van der Waals surface area contributed by atoms with Crippen molar-refractivity contribution in [3.8, 4) is 11.5 Å². The molecule has 3 nitrogen and oxygen atoms in total. The number of hydrogen-bond donors (Lipinski definition) is 1. The van der Waals surface area contributed by atoms with Crippen molar-refractivity contribution in [2.75, 3.05) is 20.0 Å². The van der Waals surface area contributed by atoms with Gasteiger partial charge in [-0.05, 0) is 45.8 Å². The Bertz CT molecular complexity index is 582. The Morgan fingerprint density at radius 1 is 1.10 bits per heavy atom. The van der Waals surface area contributed by atoms with Crippen molar-refractivity contribution in [2.24, 2.45) is 0 Å². The highest BCUT2D eigenvalue weighted by atomic mass is 79.9. The molecule has 2 rings (SSSR count). The molecule has 0 aliphatic rings. The van der Waals surface area contributed by atoms with Gasteiger partial charge in [0, 0.05) is 21.2 Å². The quantitative estimate of drug-likeness (QED) is 0.771. The minimum absolute atomic E-state index is 0.554. The number of thioether (sulfide) groups is 1. The lowest BCUT2D eigenvalue weighted by Gasteiger charge is -2.14. The second kappa shape index (κ2) is 7.73. The highest BCUT2D eigenvalue weighted by Crippen LogP contribution is 2.32. The lowest BCUT2D eigenvalue weighted by molar-refractivity contribution is 0.203. The summed E-state index contributed by atoms with van der Waals surface area (Å²) in [6.07, 6.45) is -0.592. The number of benzene rings is 2. The van der Waals surface area contributed by atoms with Crippen molar-refractivity contribution in [2.45, 2.75) is 11.0 Å². The van der Waals surface area contributed by atoms with Crippen LogP contribution in [-0.2, 0) is 0 Å². The van der Waals surface area contributed by atoms with Crippen LogP contribution in [-0.4, -0.2) is 25.1 Å². The first kappa shape index (κ1) is 16.2. The van der Waals surface area contributed by atoms with Gasteiger partial charge in [0.05, 0.1) is 20.3 Å². The van der Waals surface area contributed by atoms with Gasteiger partial charge in [-0.3, -0.25) is 0 Å². The maximum atomic E-state index is 10.4. The minimum atomic E-state index is -0.592. The third kappa shape index (κ3) is 4.40. The summed E-state index contributed by atoms with van der Waals surface area (Å²) in [7, 11) is 3.20. The summed E-state index contributed by atoms with van der Waals surface area (Å²) in [5.74, 6) is 1.91. The molecule has 0 spiro atoms. The first-order valence-electron chi connectivity index (χ1n) is 6.42. The first-order chi connectivity index (χ1) is 10.1. The Labute approximate surface area is 137 Å². The van der Waals surface area contributed by atoms with Gasteiger partial charge in [0.25, 0.3) is 0 Å². The van der Waals surface area contributed by atoms with E-state index in [1.54, 1.807) is 32.0 Å². The topological polar surface area (TPSA) is 38.7 Å². The number of aliphatic hydroxyl groups excluding tert-OH is 1. The summed E-state index contributed by atoms with van der Waals surface area (Å²) < 4.78 is 11.5. The Kier molecular flexibility index (Phi) is 5.96. The Hall–Kier alpha value is -1.17. The first-order valence-corrected chi connectivity index (χ1v) is 8.20. The molecule has 2 aromatic carbocycles. The SMILES string of the molecule is COc1cc(OC)cc(C(O)CSc2ccccc2Br)c1. The zero-order valence-corrected chi connectivity index (χ0v) is 14.3. The van der Waals surface area contributed by atoms with Crippen LogP contribution in [0.4, 0.5) is 0 Å². The third-order valence-electron chi connectivity index (χ3n) is 2.99. The predicted molar refractivity (Wildman–Crippen MR) is 89.4 cm³/mol. The molecule has 1 unspecified atom stereocenters. The van der Waals surface area contributed by atoms with Crippen molar-refractivity contribution in [1.29, 1.82) is 0 Å². The second-order valence-corrected chi connectivity index (χ2v) is 6.32. The molecular formula is C16H17BrO3S. The van der Waals surface area contributed by atoms with Crippen LogP contribution in [0, 0.1) is 0 Å². The van der Waals surface area contributed by atoms with E-state index in [-0.39, 0.29) is 0 Å². The Balaban J connectivity index is 2.09. The van der Waals surface area contributed by atoms with Crippen LogP contribution in [0.2, 0.25) is 0 Å². The number of methoxy groups -OCH3 is 2. The maximum absolute atomic E-state index is 10.4. The number of aliphatic hydroxyl groups is 1. The molecule has 1 atom stereocenters. The molecule has 0 heterocycles. The van der Waals surface area contributed by atoms with Gasteiger partial charge in [0.1, 0.15) is 11.5 Å². The van der Waals surface area contributed by atoms with Gasteiger partial charge in [0.15, 0.2) is 0 Å². The zero-order chi connectivity index (χ0) is 15.2. The fourth-order valence-electron chi connectivity index (χ4n) is 1.85.